The molecular weight excluding hydrogens is 502 g/mol. The van der Waals surface area contributed by atoms with Crippen LogP contribution in [0.25, 0.3) is 0 Å². The van der Waals surface area contributed by atoms with Gasteiger partial charge >= 0.3 is 0 Å². The summed E-state index contributed by atoms with van der Waals surface area (Å²) in [5.74, 6) is 1.44. The van der Waals surface area contributed by atoms with Crippen molar-refractivity contribution in [1.82, 2.24) is 16.0 Å². The first-order valence-corrected chi connectivity index (χ1v) is 9.22. The fraction of sp³-hybridized carbons (Fsp3) is 0.333. The molecule has 0 bridgehead atoms. The molecule has 0 aromatic heterocycles. The van der Waals surface area contributed by atoms with E-state index in [1.165, 1.54) is 12.1 Å². The van der Waals surface area contributed by atoms with Crippen molar-refractivity contribution in [2.45, 2.75) is 13.0 Å². The van der Waals surface area contributed by atoms with Gasteiger partial charge in [-0.3, -0.25) is 9.79 Å². The van der Waals surface area contributed by atoms with E-state index in [2.05, 4.69) is 20.9 Å². The van der Waals surface area contributed by atoms with Crippen LogP contribution < -0.4 is 25.4 Å². The summed E-state index contributed by atoms with van der Waals surface area (Å²) in [6.07, 6.45) is 0.143. The molecule has 2 aromatic rings. The topological polar surface area (TPSA) is 84.0 Å². The molecule has 0 unspecified atom stereocenters. The Morgan fingerprint density at radius 3 is 2.37 bits per heavy atom. The van der Waals surface area contributed by atoms with Crippen molar-refractivity contribution in [3.63, 3.8) is 0 Å². The van der Waals surface area contributed by atoms with Crippen molar-refractivity contribution in [2.24, 2.45) is 4.99 Å². The molecule has 7 nitrogen and oxygen atoms in total. The third kappa shape index (κ3) is 8.44. The molecule has 2 aromatic carbocycles. The monoisotopic (exact) mass is 530 g/mol. The van der Waals surface area contributed by atoms with E-state index >= 15 is 0 Å². The number of halogens is 2. The first kappa shape index (κ1) is 25.5. The molecule has 0 saturated heterocycles. The van der Waals surface area contributed by atoms with Crippen molar-refractivity contribution in [2.75, 3.05) is 34.4 Å². The van der Waals surface area contributed by atoms with E-state index in [0.717, 1.165) is 5.56 Å². The molecule has 0 atom stereocenters. The lowest BCUT2D eigenvalue weighted by molar-refractivity contribution is -0.120. The smallest absolute Gasteiger partial charge is 0.224 e. The predicted molar refractivity (Wildman–Crippen MR) is 126 cm³/mol. The second-order valence-electron chi connectivity index (χ2n) is 6.20. The highest BCUT2D eigenvalue weighted by molar-refractivity contribution is 14.0. The van der Waals surface area contributed by atoms with E-state index in [0.29, 0.717) is 42.7 Å². The van der Waals surface area contributed by atoms with Crippen LogP contribution in [0.15, 0.2) is 47.5 Å². The van der Waals surface area contributed by atoms with E-state index in [1.54, 1.807) is 33.4 Å². The van der Waals surface area contributed by atoms with E-state index in [1.807, 2.05) is 18.2 Å². The van der Waals surface area contributed by atoms with Crippen molar-refractivity contribution < 1.29 is 18.7 Å². The van der Waals surface area contributed by atoms with Gasteiger partial charge in [-0.2, -0.15) is 0 Å². The number of aliphatic imine (C=N–C) groups is 1. The zero-order valence-corrected chi connectivity index (χ0v) is 19.7. The van der Waals surface area contributed by atoms with E-state index in [4.69, 9.17) is 9.47 Å². The Bertz CT molecular complexity index is 849. The van der Waals surface area contributed by atoms with Crippen LogP contribution >= 0.6 is 24.0 Å². The van der Waals surface area contributed by atoms with Crippen LogP contribution in [0.4, 0.5) is 4.39 Å². The van der Waals surface area contributed by atoms with E-state index in [9.17, 15) is 9.18 Å². The maximum Gasteiger partial charge on any atom is 0.224 e. The van der Waals surface area contributed by atoms with Crippen LogP contribution in [0, 0.1) is 5.82 Å². The van der Waals surface area contributed by atoms with Gasteiger partial charge in [0.15, 0.2) is 17.5 Å². The largest absolute Gasteiger partial charge is 0.493 e. The Morgan fingerprint density at radius 1 is 0.967 bits per heavy atom. The lowest BCUT2D eigenvalue weighted by Gasteiger charge is -2.14. The maximum atomic E-state index is 13.2. The molecule has 9 heteroatoms. The molecule has 3 N–H and O–H groups in total. The van der Waals surface area contributed by atoms with Crippen molar-refractivity contribution >= 4 is 35.8 Å². The normalized spacial score (nSPS) is 10.6. The number of guanidine groups is 1. The van der Waals surface area contributed by atoms with Gasteiger partial charge in [0.2, 0.25) is 5.91 Å². The highest BCUT2D eigenvalue weighted by atomic mass is 127. The Kier molecular flexibility index (Phi) is 11.6. The summed E-state index contributed by atoms with van der Waals surface area (Å²) in [5.41, 5.74) is 1.65. The summed E-state index contributed by atoms with van der Waals surface area (Å²) in [5, 5.41) is 9.12. The molecule has 0 aliphatic heterocycles. The van der Waals surface area contributed by atoms with Crippen molar-refractivity contribution in [1.29, 1.82) is 0 Å². The number of rotatable bonds is 9. The van der Waals surface area contributed by atoms with Crippen LogP contribution in [0.5, 0.6) is 11.5 Å². The number of benzene rings is 2. The average molecular weight is 530 g/mol. The highest BCUT2D eigenvalue weighted by Crippen LogP contribution is 2.27. The Balaban J connectivity index is 0.00000450. The molecule has 0 spiro atoms. The molecule has 0 heterocycles. The molecular formula is C21H28FIN4O3. The second-order valence-corrected chi connectivity index (χ2v) is 6.20. The van der Waals surface area contributed by atoms with Gasteiger partial charge in [-0.05, 0) is 35.4 Å². The molecule has 164 valence electrons. The molecule has 0 aliphatic rings. The van der Waals surface area contributed by atoms with Crippen molar-refractivity contribution in [3.8, 4) is 11.5 Å². The number of nitrogens with one attached hydrogen (secondary N) is 3. The Hall–Kier alpha value is -2.56. The lowest BCUT2D eigenvalue weighted by Crippen LogP contribution is -2.41. The first-order valence-electron chi connectivity index (χ1n) is 9.22. The number of nitrogens with zero attached hydrogens (tertiary/aromatic N) is 1. The number of amides is 1. The lowest BCUT2D eigenvalue weighted by atomic mass is 10.1. The van der Waals surface area contributed by atoms with Gasteiger partial charge in [0.25, 0.3) is 0 Å². The summed E-state index contributed by atoms with van der Waals surface area (Å²) in [7, 11) is 4.86. The zero-order chi connectivity index (χ0) is 21.1. The molecule has 0 radical (unpaired) electrons. The molecule has 2 rings (SSSR count). The van der Waals surface area contributed by atoms with Crippen LogP contribution in [0.2, 0.25) is 0 Å². The van der Waals surface area contributed by atoms with Gasteiger partial charge in [0.05, 0.1) is 20.6 Å². The number of hydrogen-bond acceptors (Lipinski definition) is 4. The van der Waals surface area contributed by atoms with Crippen LogP contribution in [-0.2, 0) is 17.8 Å². The third-order valence-corrected chi connectivity index (χ3v) is 4.12. The number of hydrogen-bond donors (Lipinski definition) is 3. The molecule has 0 aliphatic carbocycles. The van der Waals surface area contributed by atoms with Gasteiger partial charge in [0, 0.05) is 26.7 Å². The predicted octanol–water partition coefficient (Wildman–Crippen LogP) is 2.48. The Labute approximate surface area is 193 Å². The number of carbonyl (C=O) groups is 1. The minimum Gasteiger partial charge on any atom is -0.493 e. The van der Waals surface area contributed by atoms with Gasteiger partial charge in [-0.15, -0.1) is 24.0 Å². The summed E-state index contributed by atoms with van der Waals surface area (Å²) in [4.78, 5) is 16.1. The van der Waals surface area contributed by atoms with E-state index in [-0.39, 0.29) is 42.1 Å². The minimum absolute atomic E-state index is 0. The average Bonchev–Trinajstić information content (AvgIpc) is 2.73. The fourth-order valence-corrected chi connectivity index (χ4v) is 2.67. The molecule has 0 saturated carbocycles. The quantitative estimate of drug-likeness (QED) is 0.201. The molecule has 1 amide bonds. The SMILES string of the molecule is CN=C(NCCNC(=O)Cc1cccc(F)c1)NCc1ccc(OC)c(OC)c1.I. The van der Waals surface area contributed by atoms with Crippen LogP contribution in [0.1, 0.15) is 11.1 Å². The highest BCUT2D eigenvalue weighted by Gasteiger charge is 2.06. The van der Waals surface area contributed by atoms with Gasteiger partial charge in [-0.1, -0.05) is 18.2 Å². The maximum absolute atomic E-state index is 13.2. The molecule has 0 fully saturated rings. The minimum atomic E-state index is -0.346. The Morgan fingerprint density at radius 2 is 1.70 bits per heavy atom. The zero-order valence-electron chi connectivity index (χ0n) is 17.3. The summed E-state index contributed by atoms with van der Waals surface area (Å²) >= 11 is 0. The number of methoxy groups -OCH3 is 2. The van der Waals surface area contributed by atoms with Gasteiger partial charge in [0.1, 0.15) is 5.82 Å². The van der Waals surface area contributed by atoms with Crippen LogP contribution in [0.3, 0.4) is 0 Å². The number of carbonyl (C=O) groups excluding carboxylic acids is 1. The van der Waals surface area contributed by atoms with Gasteiger partial charge in [-0.25, -0.2) is 4.39 Å². The first-order chi connectivity index (χ1) is 14.0. The molecule has 30 heavy (non-hydrogen) atoms. The summed E-state index contributed by atoms with van der Waals surface area (Å²) in [6, 6.07) is 11.7. The van der Waals surface area contributed by atoms with Gasteiger partial charge < -0.3 is 25.4 Å². The van der Waals surface area contributed by atoms with Crippen LogP contribution in [-0.4, -0.2) is 46.2 Å². The third-order valence-electron chi connectivity index (χ3n) is 4.12. The van der Waals surface area contributed by atoms with Crippen molar-refractivity contribution in [3.05, 3.63) is 59.4 Å². The van der Waals surface area contributed by atoms with E-state index < -0.39 is 0 Å². The number of ether oxygens (including phenoxy) is 2. The second kappa shape index (κ2) is 13.6. The fourth-order valence-electron chi connectivity index (χ4n) is 2.67. The summed E-state index contributed by atoms with van der Waals surface area (Å²) in [6.45, 7) is 1.47. The summed E-state index contributed by atoms with van der Waals surface area (Å²) < 4.78 is 23.7. The standard InChI is InChI=1S/C21H27FN4O3.HI/c1-23-21(26-14-16-7-8-18(28-2)19(12-16)29-3)25-10-9-24-20(27)13-15-5-4-6-17(22)11-15;/h4-8,11-12H,9-10,13-14H2,1-3H3,(H,24,27)(H2,23,25,26);1H.